The number of nitrogens with one attached hydrogen (secondary N) is 1. The van der Waals surface area contributed by atoms with Crippen LogP contribution in [-0.2, 0) is 6.42 Å². The Hall–Kier alpha value is -2.75. The lowest BCUT2D eigenvalue weighted by Crippen LogP contribution is -1.95. The van der Waals surface area contributed by atoms with Crippen LogP contribution < -0.4 is 4.74 Å². The first-order valence-corrected chi connectivity index (χ1v) is 9.23. The molecule has 0 aliphatic rings. The predicted octanol–water partition coefficient (Wildman–Crippen LogP) is 5.58. The second-order valence-electron chi connectivity index (χ2n) is 6.52. The molecule has 0 saturated heterocycles. The second-order valence-corrected chi connectivity index (χ2v) is 6.52. The zero-order valence-corrected chi connectivity index (χ0v) is 15.5. The van der Waals surface area contributed by atoms with Gasteiger partial charge in [0.15, 0.2) is 0 Å². The number of phenolic OH excluding ortho intramolecular Hbond substituents is 1. The fourth-order valence-electron chi connectivity index (χ4n) is 3.27. The van der Waals surface area contributed by atoms with Crippen molar-refractivity contribution in [3.05, 3.63) is 54.2 Å². The molecule has 26 heavy (non-hydrogen) atoms. The Morgan fingerprint density at radius 3 is 2.58 bits per heavy atom. The van der Waals surface area contributed by atoms with Crippen LogP contribution in [0.5, 0.6) is 11.5 Å². The molecule has 4 nitrogen and oxygen atoms in total. The van der Waals surface area contributed by atoms with E-state index < -0.39 is 0 Å². The molecule has 0 aliphatic heterocycles. The average molecular weight is 350 g/mol. The highest BCUT2D eigenvalue weighted by atomic mass is 16.5. The Morgan fingerprint density at radius 1 is 1.04 bits per heavy atom. The molecule has 2 aromatic carbocycles. The summed E-state index contributed by atoms with van der Waals surface area (Å²) in [5, 5.41) is 17.8. The van der Waals surface area contributed by atoms with E-state index in [0.29, 0.717) is 0 Å². The number of hydrogen-bond donors (Lipinski definition) is 2. The maximum absolute atomic E-state index is 10.6. The van der Waals surface area contributed by atoms with Crippen molar-refractivity contribution in [2.24, 2.45) is 0 Å². The van der Waals surface area contributed by atoms with Gasteiger partial charge in [0.25, 0.3) is 0 Å². The molecule has 0 atom stereocenters. The molecule has 0 spiro atoms. The third-order valence-corrected chi connectivity index (χ3v) is 4.69. The normalized spacial score (nSPS) is 10.8. The van der Waals surface area contributed by atoms with Crippen LogP contribution in [0, 0.1) is 0 Å². The molecule has 2 N–H and O–H groups in total. The summed E-state index contributed by atoms with van der Waals surface area (Å²) in [6, 6.07) is 13.8. The number of benzene rings is 2. The number of rotatable bonds is 8. The van der Waals surface area contributed by atoms with Gasteiger partial charge in [-0.15, -0.1) is 0 Å². The standard InChI is InChI=1S/C22H26N2O2/c1-3-4-5-7-12-17-13-18(20(25)14-21(17)26-2)22-19(15-23-24-22)16-10-8-6-9-11-16/h6,8-11,13-15,25H,3-5,7,12H2,1-2H3,(H,23,24). The number of phenols is 1. The van der Waals surface area contributed by atoms with Gasteiger partial charge in [-0.3, -0.25) is 5.10 Å². The Kier molecular flexibility index (Phi) is 5.95. The molecule has 1 aromatic heterocycles. The van der Waals surface area contributed by atoms with E-state index in [1.165, 1.54) is 19.3 Å². The van der Waals surface area contributed by atoms with Crippen LogP contribution in [-0.4, -0.2) is 22.4 Å². The van der Waals surface area contributed by atoms with Crippen molar-refractivity contribution in [1.82, 2.24) is 10.2 Å². The molecule has 0 fully saturated rings. The monoisotopic (exact) mass is 350 g/mol. The van der Waals surface area contributed by atoms with Crippen molar-refractivity contribution in [3.8, 4) is 33.9 Å². The number of aromatic amines is 1. The summed E-state index contributed by atoms with van der Waals surface area (Å²) in [6.07, 6.45) is 7.51. The van der Waals surface area contributed by atoms with E-state index in [-0.39, 0.29) is 5.75 Å². The number of unbranched alkanes of at least 4 members (excludes halogenated alkanes) is 3. The highest BCUT2D eigenvalue weighted by molar-refractivity contribution is 5.83. The zero-order valence-electron chi connectivity index (χ0n) is 15.5. The maximum Gasteiger partial charge on any atom is 0.128 e. The molecule has 3 rings (SSSR count). The number of H-pyrrole nitrogens is 1. The Morgan fingerprint density at radius 2 is 1.85 bits per heavy atom. The largest absolute Gasteiger partial charge is 0.507 e. The van der Waals surface area contributed by atoms with Crippen molar-refractivity contribution in [2.45, 2.75) is 39.0 Å². The highest BCUT2D eigenvalue weighted by Crippen LogP contribution is 2.39. The zero-order chi connectivity index (χ0) is 18.4. The number of methoxy groups -OCH3 is 1. The molecule has 136 valence electrons. The fraction of sp³-hybridized carbons (Fsp3) is 0.318. The van der Waals surface area contributed by atoms with Gasteiger partial charge in [0.2, 0.25) is 0 Å². The third kappa shape index (κ3) is 3.90. The quantitative estimate of drug-likeness (QED) is 0.521. The minimum absolute atomic E-state index is 0.195. The first kappa shape index (κ1) is 18.1. The minimum atomic E-state index is 0.195. The average Bonchev–Trinajstić information content (AvgIpc) is 3.16. The Balaban J connectivity index is 1.97. The van der Waals surface area contributed by atoms with Crippen molar-refractivity contribution in [1.29, 1.82) is 0 Å². The molecular weight excluding hydrogens is 324 g/mol. The summed E-state index contributed by atoms with van der Waals surface area (Å²) in [5.74, 6) is 0.934. The number of nitrogens with zero attached hydrogens (tertiary/aromatic N) is 1. The van der Waals surface area contributed by atoms with Crippen LogP contribution in [0.2, 0.25) is 0 Å². The molecule has 0 unspecified atom stereocenters. The summed E-state index contributed by atoms with van der Waals surface area (Å²) < 4.78 is 5.48. The van der Waals surface area contributed by atoms with Crippen LogP contribution in [0.15, 0.2) is 48.7 Å². The molecule has 0 saturated carbocycles. The van der Waals surface area contributed by atoms with Gasteiger partial charge in [-0.25, -0.2) is 0 Å². The van der Waals surface area contributed by atoms with Gasteiger partial charge in [0, 0.05) is 17.2 Å². The molecule has 0 bridgehead atoms. The van der Waals surface area contributed by atoms with Gasteiger partial charge < -0.3 is 9.84 Å². The highest BCUT2D eigenvalue weighted by Gasteiger charge is 2.16. The second kappa shape index (κ2) is 8.56. The van der Waals surface area contributed by atoms with Crippen molar-refractivity contribution in [3.63, 3.8) is 0 Å². The Bertz CT molecular complexity index is 841. The summed E-state index contributed by atoms with van der Waals surface area (Å²) >= 11 is 0. The van der Waals surface area contributed by atoms with Gasteiger partial charge in [-0.05, 0) is 30.0 Å². The number of ether oxygens (including phenoxy) is 1. The Labute approximate surface area is 154 Å². The van der Waals surface area contributed by atoms with Crippen LogP contribution in [0.25, 0.3) is 22.4 Å². The van der Waals surface area contributed by atoms with Gasteiger partial charge in [0.05, 0.1) is 19.0 Å². The number of aryl methyl sites for hydroxylation is 1. The van der Waals surface area contributed by atoms with Gasteiger partial charge in [0.1, 0.15) is 11.5 Å². The summed E-state index contributed by atoms with van der Waals surface area (Å²) in [5.41, 5.74) is 4.74. The van der Waals surface area contributed by atoms with E-state index in [0.717, 1.165) is 46.5 Å². The van der Waals surface area contributed by atoms with E-state index in [2.05, 4.69) is 17.1 Å². The van der Waals surface area contributed by atoms with Crippen LogP contribution in [0.1, 0.15) is 38.2 Å². The molecule has 0 aliphatic carbocycles. The van der Waals surface area contributed by atoms with E-state index in [1.54, 1.807) is 19.4 Å². The minimum Gasteiger partial charge on any atom is -0.507 e. The lowest BCUT2D eigenvalue weighted by Gasteiger charge is -2.13. The van der Waals surface area contributed by atoms with Gasteiger partial charge >= 0.3 is 0 Å². The van der Waals surface area contributed by atoms with Crippen LogP contribution in [0.4, 0.5) is 0 Å². The van der Waals surface area contributed by atoms with Gasteiger partial charge in [-0.1, -0.05) is 56.5 Å². The smallest absolute Gasteiger partial charge is 0.128 e. The van der Waals surface area contributed by atoms with Crippen LogP contribution >= 0.6 is 0 Å². The molecule has 4 heteroatoms. The molecule has 0 amide bonds. The van der Waals surface area contributed by atoms with Crippen molar-refractivity contribution >= 4 is 0 Å². The molecule has 3 aromatic rings. The fourth-order valence-corrected chi connectivity index (χ4v) is 3.27. The molecule has 0 radical (unpaired) electrons. The summed E-state index contributed by atoms with van der Waals surface area (Å²) in [7, 11) is 1.65. The van der Waals surface area contributed by atoms with E-state index in [4.69, 9.17) is 4.74 Å². The number of hydrogen-bond acceptors (Lipinski definition) is 3. The SMILES string of the molecule is CCCCCCc1cc(-c2[nH]ncc2-c2ccccc2)c(O)cc1OC. The van der Waals surface area contributed by atoms with Gasteiger partial charge in [-0.2, -0.15) is 5.10 Å². The van der Waals surface area contributed by atoms with E-state index >= 15 is 0 Å². The topological polar surface area (TPSA) is 58.1 Å². The predicted molar refractivity (Wildman–Crippen MR) is 106 cm³/mol. The lowest BCUT2D eigenvalue weighted by molar-refractivity contribution is 0.402. The number of aromatic hydroxyl groups is 1. The lowest BCUT2D eigenvalue weighted by atomic mass is 9.97. The van der Waals surface area contributed by atoms with Crippen LogP contribution in [0.3, 0.4) is 0 Å². The molecular formula is C22H26N2O2. The molecule has 1 heterocycles. The summed E-state index contributed by atoms with van der Waals surface area (Å²) in [4.78, 5) is 0. The number of aromatic nitrogens is 2. The van der Waals surface area contributed by atoms with E-state index in [1.807, 2.05) is 36.4 Å². The van der Waals surface area contributed by atoms with Crippen molar-refractivity contribution < 1.29 is 9.84 Å². The van der Waals surface area contributed by atoms with E-state index in [9.17, 15) is 5.11 Å². The first-order chi connectivity index (χ1) is 12.7. The van der Waals surface area contributed by atoms with Crippen molar-refractivity contribution in [2.75, 3.05) is 7.11 Å². The third-order valence-electron chi connectivity index (χ3n) is 4.69. The first-order valence-electron chi connectivity index (χ1n) is 9.23. The summed E-state index contributed by atoms with van der Waals surface area (Å²) in [6.45, 7) is 2.21. The maximum atomic E-state index is 10.6.